The van der Waals surface area contributed by atoms with E-state index in [0.717, 1.165) is 0 Å². The summed E-state index contributed by atoms with van der Waals surface area (Å²) in [6, 6.07) is 0. The van der Waals surface area contributed by atoms with Crippen molar-refractivity contribution in [3.8, 4) is 0 Å². The molecule has 0 nitrogen and oxygen atoms in total. The third kappa shape index (κ3) is 26.5. The third-order valence-corrected chi connectivity index (χ3v) is 0. The number of rotatable bonds is 0. The van der Waals surface area contributed by atoms with Crippen molar-refractivity contribution in [3.63, 3.8) is 0 Å². The SMILES string of the molecule is C[B]P.[AlH3].[Ti]. The first-order valence-electron chi connectivity index (χ1n) is 0.911. The summed E-state index contributed by atoms with van der Waals surface area (Å²) in [6.45, 7) is 3.88. The van der Waals surface area contributed by atoms with Gasteiger partial charge in [-0.05, 0) is 0 Å². The van der Waals surface area contributed by atoms with Crippen LogP contribution in [0.15, 0.2) is 0 Å². The summed E-state index contributed by atoms with van der Waals surface area (Å²) in [5, 5.41) is 0. The standard InChI is InChI=1S/CH5BP.Al.Ti.3H/c1-2-3;;;;;/h3H2,1H3;;;;;. The quantitative estimate of drug-likeness (QED) is 0.307. The van der Waals surface area contributed by atoms with Crippen molar-refractivity contribution in [2.24, 2.45) is 0 Å². The van der Waals surface area contributed by atoms with Crippen molar-refractivity contribution in [1.82, 2.24) is 0 Å². The molecule has 0 heterocycles. The van der Waals surface area contributed by atoms with Crippen LogP contribution in [0.5, 0.6) is 0 Å². The molecule has 0 aromatic rings. The molecule has 0 aromatic carbocycles. The molecule has 0 aliphatic carbocycles. The van der Waals surface area contributed by atoms with Crippen molar-refractivity contribution in [2.45, 2.75) is 6.82 Å². The summed E-state index contributed by atoms with van der Waals surface area (Å²) in [6.07, 6.45) is 0. The number of hydrogen-bond donors (Lipinski definition) is 0. The fourth-order valence-corrected chi connectivity index (χ4v) is 0. The summed E-state index contributed by atoms with van der Waals surface area (Å²) in [5.74, 6) is 0. The maximum Gasteiger partial charge on any atom is 0.187 e. The van der Waals surface area contributed by atoms with Crippen LogP contribution in [-0.2, 0) is 21.7 Å². The molecule has 1 atom stereocenters. The van der Waals surface area contributed by atoms with Gasteiger partial charge in [-0.25, -0.2) is 0 Å². The second-order valence-corrected chi connectivity index (χ2v) is 1.00. The Kier molecular flexibility index (Phi) is 54.5. The molecule has 0 saturated carbocycles. The van der Waals surface area contributed by atoms with Gasteiger partial charge >= 0.3 is 0 Å². The van der Waals surface area contributed by atoms with Crippen molar-refractivity contribution in [3.05, 3.63) is 0 Å². The molecule has 0 aromatic heterocycles. The molecule has 0 aliphatic heterocycles. The van der Waals surface area contributed by atoms with Crippen molar-refractivity contribution in [1.29, 1.82) is 0 Å². The molecule has 27 valence electrons. The topological polar surface area (TPSA) is 0 Å². The second kappa shape index (κ2) is 17.2. The van der Waals surface area contributed by atoms with Gasteiger partial charge in [0.2, 0.25) is 0 Å². The molecule has 0 N–H and O–H groups in total. The Balaban J connectivity index is -0.0000000200. The molecule has 0 saturated heterocycles. The summed E-state index contributed by atoms with van der Waals surface area (Å²) < 4.78 is 0. The van der Waals surface area contributed by atoms with E-state index in [2.05, 4.69) is 9.12 Å². The van der Waals surface area contributed by atoms with Crippen LogP contribution in [0.4, 0.5) is 0 Å². The Morgan fingerprint density at radius 1 is 1.60 bits per heavy atom. The fourth-order valence-electron chi connectivity index (χ4n) is 0. The zero-order chi connectivity index (χ0) is 2.71. The van der Waals surface area contributed by atoms with Gasteiger partial charge in [0.25, 0.3) is 0 Å². The molecule has 0 rings (SSSR count). The molecule has 1 unspecified atom stereocenters. The van der Waals surface area contributed by atoms with Gasteiger partial charge in [0.05, 0.1) is 0 Å². The van der Waals surface area contributed by atoms with Crippen LogP contribution in [0.1, 0.15) is 0 Å². The zero-order valence-corrected chi connectivity index (χ0v) is 5.37. The van der Waals surface area contributed by atoms with E-state index in [1.165, 1.54) is 0 Å². The zero-order valence-electron chi connectivity index (χ0n) is 2.65. The van der Waals surface area contributed by atoms with Gasteiger partial charge in [-0.3, -0.25) is 0 Å². The van der Waals surface area contributed by atoms with E-state index in [0.29, 0.717) is 0 Å². The Morgan fingerprint density at radius 3 is 1.60 bits per heavy atom. The van der Waals surface area contributed by atoms with Gasteiger partial charge in [0.15, 0.2) is 17.4 Å². The average molecular weight is 137 g/mol. The Bertz CT molecular complexity index is 11.6. The number of hydrogen-bond acceptors (Lipinski definition) is 0. The normalized spacial score (nSPS) is 2.80. The van der Waals surface area contributed by atoms with Gasteiger partial charge in [0.1, 0.15) is 7.00 Å². The minimum Gasteiger partial charge on any atom is -0.178 e. The minimum atomic E-state index is 0. The molecule has 0 bridgehead atoms. The summed E-state index contributed by atoms with van der Waals surface area (Å²) in [5.41, 5.74) is 0. The van der Waals surface area contributed by atoms with Crippen LogP contribution in [0.3, 0.4) is 0 Å². The Hall–Kier alpha value is 1.74. The maximum absolute atomic E-state index is 2.45. The van der Waals surface area contributed by atoms with Crippen LogP contribution in [0, 0.1) is 0 Å². The second-order valence-electron chi connectivity index (χ2n) is 0.333. The van der Waals surface area contributed by atoms with E-state index >= 15 is 0 Å². The third-order valence-electron chi connectivity index (χ3n) is 0. The molecule has 0 fully saturated rings. The van der Waals surface area contributed by atoms with E-state index in [4.69, 9.17) is 0 Å². The van der Waals surface area contributed by atoms with Gasteiger partial charge < -0.3 is 0 Å². The molecule has 4 heteroatoms. The molecule has 0 aliphatic rings. The summed E-state index contributed by atoms with van der Waals surface area (Å²) in [4.78, 5) is 0. The first-order chi connectivity index (χ1) is 1.41. The van der Waals surface area contributed by atoms with Gasteiger partial charge in [0, 0.05) is 21.7 Å². The van der Waals surface area contributed by atoms with Crippen LogP contribution >= 0.6 is 9.12 Å². The van der Waals surface area contributed by atoms with E-state index in [9.17, 15) is 0 Å². The van der Waals surface area contributed by atoms with E-state index in [1.807, 2.05) is 13.8 Å². The van der Waals surface area contributed by atoms with E-state index in [1.54, 1.807) is 0 Å². The van der Waals surface area contributed by atoms with E-state index < -0.39 is 0 Å². The van der Waals surface area contributed by atoms with Crippen LogP contribution in [0.25, 0.3) is 0 Å². The maximum atomic E-state index is 2.45. The van der Waals surface area contributed by atoms with Crippen LogP contribution in [-0.4, -0.2) is 24.4 Å². The largest absolute Gasteiger partial charge is 0.187 e. The predicted molar refractivity (Wildman–Crippen MR) is 31.3 cm³/mol. The Labute approximate surface area is 61.9 Å². The first kappa shape index (κ1) is 15.9. The summed E-state index contributed by atoms with van der Waals surface area (Å²) >= 11 is 0. The molecule has 1 radical (unpaired) electrons. The Morgan fingerprint density at radius 2 is 1.60 bits per heavy atom. The first-order valence-corrected chi connectivity index (χ1v) is 1.58. The molecule has 0 amide bonds. The van der Waals surface area contributed by atoms with Crippen molar-refractivity contribution in [2.75, 3.05) is 0 Å². The minimum absolute atomic E-state index is 0. The molecule has 5 heavy (non-hydrogen) atoms. The summed E-state index contributed by atoms with van der Waals surface area (Å²) in [7, 11) is 2.45. The van der Waals surface area contributed by atoms with E-state index in [-0.39, 0.29) is 39.1 Å². The monoisotopic (exact) mass is 137 g/mol. The molecular weight excluding hydrogens is 129 g/mol. The van der Waals surface area contributed by atoms with Crippen LogP contribution in [0.2, 0.25) is 6.82 Å². The fraction of sp³-hybridized carbons (Fsp3) is 1.00. The van der Waals surface area contributed by atoms with Gasteiger partial charge in [-0.15, -0.1) is 0 Å². The molecular formula is CH8AlBPTi. The van der Waals surface area contributed by atoms with Crippen molar-refractivity contribution < 1.29 is 21.7 Å². The van der Waals surface area contributed by atoms with Crippen molar-refractivity contribution >= 4 is 33.5 Å². The van der Waals surface area contributed by atoms with Gasteiger partial charge in [-0.2, -0.15) is 9.12 Å². The smallest absolute Gasteiger partial charge is 0.178 e. The van der Waals surface area contributed by atoms with Crippen LogP contribution < -0.4 is 0 Å². The van der Waals surface area contributed by atoms with Gasteiger partial charge in [-0.1, -0.05) is 6.82 Å². The molecule has 0 spiro atoms. The predicted octanol–water partition coefficient (Wildman–Crippen LogP) is -0.658. The average Bonchev–Trinajstić information content (AvgIpc) is 0.918.